The summed E-state index contributed by atoms with van der Waals surface area (Å²) >= 11 is 0. The third kappa shape index (κ3) is 20.9. The van der Waals surface area contributed by atoms with Crippen molar-refractivity contribution in [2.24, 2.45) is 0 Å². The number of hydrogen-bond donors (Lipinski definition) is 5. The Morgan fingerprint density at radius 3 is 1.52 bits per heavy atom. The van der Waals surface area contributed by atoms with Gasteiger partial charge in [-0.2, -0.15) is 25.5 Å². The highest BCUT2D eigenvalue weighted by Gasteiger charge is 2.34. The van der Waals surface area contributed by atoms with E-state index >= 15 is 0 Å². The average molecular weight is 1240 g/mol. The molecular formula is C54H74N14O20. The van der Waals surface area contributed by atoms with E-state index in [0.29, 0.717) is 62.1 Å². The molecule has 8 heterocycles. The number of amides is 5. The molecule has 5 aromatic rings. The summed E-state index contributed by atoms with van der Waals surface area (Å²) in [6.45, 7) is 23.1. The molecule has 0 atom stereocenters. The number of aliphatic hydroxyl groups is 1. The number of nitrogens with one attached hydrogen (secondary N) is 4. The van der Waals surface area contributed by atoms with Crippen LogP contribution in [0.15, 0.2) is 30.3 Å². The maximum atomic E-state index is 12.2. The van der Waals surface area contributed by atoms with Crippen LogP contribution in [-0.4, -0.2) is 203 Å². The minimum Gasteiger partial charge on any atom is -0.464 e. The average Bonchev–Trinajstić information content (AvgIpc) is 3.02. The Morgan fingerprint density at radius 2 is 1.03 bits per heavy atom. The quantitative estimate of drug-likeness (QED) is 0.0742. The minimum absolute atomic E-state index is 0.00201. The van der Waals surface area contributed by atoms with E-state index in [1.165, 1.54) is 56.2 Å². The zero-order valence-corrected chi connectivity index (χ0v) is 51.0. The third-order valence-corrected chi connectivity index (χ3v) is 11.0. The van der Waals surface area contributed by atoms with Crippen LogP contribution in [-0.2, 0) is 70.7 Å². The predicted octanol–water partition coefficient (Wildman–Crippen LogP) is 2.51. The molecule has 480 valence electrons. The normalized spacial score (nSPS) is 12.8. The van der Waals surface area contributed by atoms with Crippen LogP contribution in [0, 0.1) is 0 Å². The SMILES string of the molecule is CC(C)(C)OC(=O)N1CCn2nc(CO)cc2C1=O.CCOC(=O)c1cc(C(=O)OCC)[nH]n1.CCOC(=O)c1cc(C(=O)OCC)n(CCNC(=O)OC(C)(C)C)n1.CCOC(=O)c1cc2n(n1)CCNC2=O.COC(=O)c1cc2n(n1)CCNC2=O. The number of ether oxygens (including phenoxy) is 8. The van der Waals surface area contributed by atoms with Crippen molar-refractivity contribution in [1.82, 2.24) is 70.2 Å². The summed E-state index contributed by atoms with van der Waals surface area (Å²) in [7, 11) is 1.28. The van der Waals surface area contributed by atoms with Gasteiger partial charge in [0.2, 0.25) is 0 Å². The number of imide groups is 1. The first-order valence-corrected chi connectivity index (χ1v) is 27.6. The number of aromatic amines is 1. The molecule has 0 aromatic carbocycles. The maximum Gasteiger partial charge on any atom is 0.417 e. The van der Waals surface area contributed by atoms with Gasteiger partial charge in [-0.15, -0.1) is 0 Å². The summed E-state index contributed by atoms with van der Waals surface area (Å²) in [5.41, 5.74) is 0.923. The van der Waals surface area contributed by atoms with Crippen molar-refractivity contribution in [2.45, 2.75) is 120 Å². The molecule has 0 fully saturated rings. The highest BCUT2D eigenvalue weighted by Crippen LogP contribution is 2.18. The Hall–Kier alpha value is -10.0. The topological polar surface area (TPSA) is 421 Å². The lowest BCUT2D eigenvalue weighted by Gasteiger charge is -2.28. The molecule has 88 heavy (non-hydrogen) atoms. The van der Waals surface area contributed by atoms with Crippen molar-refractivity contribution in [2.75, 3.05) is 66.3 Å². The van der Waals surface area contributed by atoms with E-state index in [9.17, 15) is 52.7 Å². The number of methoxy groups -OCH3 is 1. The van der Waals surface area contributed by atoms with E-state index in [0.717, 1.165) is 4.90 Å². The Balaban J connectivity index is 0.000000239. The highest BCUT2D eigenvalue weighted by molar-refractivity contribution is 6.03. The third-order valence-electron chi connectivity index (χ3n) is 11.0. The molecule has 34 heteroatoms. The van der Waals surface area contributed by atoms with Crippen molar-refractivity contribution in [1.29, 1.82) is 0 Å². The molecule has 5 N–H and O–H groups in total. The minimum atomic E-state index is -0.657. The molecule has 3 aliphatic rings. The largest absolute Gasteiger partial charge is 0.464 e. The standard InChI is InChI=1S/C16H25N3O6.C12H17N3O4.C9H11N3O3.C9H12N2O4.C8H9N3O3/c1-6-23-13(20)11-10-12(14(21)24-7-2)19(18-11)9-8-17-15(22)25-16(3,4)5;1-12(2,3)19-11(18)14-4-5-15-9(10(14)17)6-8(7-16)13-15;1-2-15-9(14)6-5-7-8(13)10-3-4-12(7)11-6;1-3-14-8(12)6-5-7(11-10-6)9(13)15-4-2;1-14-8(13)5-4-6-7(12)9-2-3-11(6)10-5/h10H,6-9H2,1-5H3,(H,17,22);6,16H,4-5,7H2,1-3H3;5H,2-4H2,1H3,(H,10,13);5H,3-4H2,1-2H3,(H,10,11);4H,2-3H2,1H3,(H,9,12). The Morgan fingerprint density at radius 1 is 0.557 bits per heavy atom. The number of hydrogen-bond acceptors (Lipinski definition) is 25. The van der Waals surface area contributed by atoms with E-state index in [-0.39, 0.29) is 98.6 Å². The number of fused-ring (bicyclic) bond motifs is 3. The molecule has 0 radical (unpaired) electrons. The van der Waals surface area contributed by atoms with Crippen LogP contribution < -0.4 is 16.0 Å². The fraction of sp³-hybridized carbons (Fsp3) is 0.519. The van der Waals surface area contributed by atoms with E-state index in [1.807, 2.05) is 0 Å². The van der Waals surface area contributed by atoms with Gasteiger partial charge in [0.1, 0.15) is 39.7 Å². The van der Waals surface area contributed by atoms with Crippen LogP contribution in [0.1, 0.15) is 176 Å². The van der Waals surface area contributed by atoms with Gasteiger partial charge in [0.25, 0.3) is 17.7 Å². The highest BCUT2D eigenvalue weighted by atomic mass is 16.6. The summed E-state index contributed by atoms with van der Waals surface area (Å²) < 4.78 is 44.7. The van der Waals surface area contributed by atoms with Crippen molar-refractivity contribution >= 4 is 65.7 Å². The van der Waals surface area contributed by atoms with Gasteiger partial charge in [0, 0.05) is 43.9 Å². The zero-order chi connectivity index (χ0) is 65.5. The molecule has 0 saturated heterocycles. The first-order valence-electron chi connectivity index (χ1n) is 27.6. The first-order chi connectivity index (χ1) is 41.6. The number of aliphatic hydroxyl groups excluding tert-OH is 1. The fourth-order valence-electron chi connectivity index (χ4n) is 7.38. The van der Waals surface area contributed by atoms with Crippen LogP contribution in [0.5, 0.6) is 0 Å². The summed E-state index contributed by atoms with van der Waals surface area (Å²) in [6.07, 6.45) is -1.24. The van der Waals surface area contributed by atoms with Crippen LogP contribution in [0.2, 0.25) is 0 Å². The van der Waals surface area contributed by atoms with Gasteiger partial charge in [-0.25, -0.2) is 43.3 Å². The lowest BCUT2D eigenvalue weighted by molar-refractivity contribution is 0.0206. The molecule has 0 saturated carbocycles. The number of carbonyl (C=O) groups excluding carboxylic acids is 11. The maximum absolute atomic E-state index is 12.2. The van der Waals surface area contributed by atoms with Crippen molar-refractivity contribution in [3.8, 4) is 0 Å². The lowest BCUT2D eigenvalue weighted by Crippen LogP contribution is -2.46. The van der Waals surface area contributed by atoms with Gasteiger partial charge in [-0.05, 0) is 82.2 Å². The molecule has 5 amide bonds. The van der Waals surface area contributed by atoms with Crippen LogP contribution in [0.3, 0.4) is 0 Å². The van der Waals surface area contributed by atoms with Gasteiger partial charge in [0.05, 0.1) is 85.2 Å². The number of rotatable bonds is 15. The molecular weight excluding hydrogens is 1160 g/mol. The molecule has 8 rings (SSSR count). The Labute approximate surface area is 504 Å². The van der Waals surface area contributed by atoms with Gasteiger partial charge in [-0.1, -0.05) is 0 Å². The van der Waals surface area contributed by atoms with Gasteiger partial charge in [0.15, 0.2) is 22.8 Å². The Kier molecular flexibility index (Phi) is 26.5. The van der Waals surface area contributed by atoms with Crippen LogP contribution in [0.25, 0.3) is 0 Å². The zero-order valence-electron chi connectivity index (χ0n) is 51.0. The molecule has 5 aromatic heterocycles. The van der Waals surface area contributed by atoms with E-state index in [4.69, 9.17) is 38.3 Å². The number of nitrogens with zero attached hydrogens (tertiary/aromatic N) is 10. The summed E-state index contributed by atoms with van der Waals surface area (Å²) in [5.74, 6) is -4.23. The second-order valence-electron chi connectivity index (χ2n) is 20.0. The van der Waals surface area contributed by atoms with Crippen molar-refractivity contribution < 1.29 is 95.7 Å². The van der Waals surface area contributed by atoms with Crippen LogP contribution >= 0.6 is 0 Å². The summed E-state index contributed by atoms with van der Waals surface area (Å²) in [6, 6.07) is 6.98. The van der Waals surface area contributed by atoms with Crippen molar-refractivity contribution in [3.05, 3.63) is 87.3 Å². The molecule has 0 unspecified atom stereocenters. The number of H-pyrrole nitrogens is 1. The first kappa shape index (κ1) is 70.5. The van der Waals surface area contributed by atoms with E-state index in [2.05, 4.69) is 51.3 Å². The monoisotopic (exact) mass is 1240 g/mol. The van der Waals surface area contributed by atoms with E-state index in [1.54, 1.807) is 76.2 Å². The van der Waals surface area contributed by atoms with Gasteiger partial charge < -0.3 is 59.0 Å². The number of esters is 6. The molecule has 0 aliphatic carbocycles. The molecule has 0 spiro atoms. The predicted molar refractivity (Wildman–Crippen MR) is 301 cm³/mol. The van der Waals surface area contributed by atoms with Gasteiger partial charge >= 0.3 is 48.0 Å². The summed E-state index contributed by atoms with van der Waals surface area (Å²) in [4.78, 5) is 128. The van der Waals surface area contributed by atoms with Gasteiger partial charge in [-0.3, -0.25) is 38.2 Å². The van der Waals surface area contributed by atoms with Crippen LogP contribution in [0.4, 0.5) is 9.59 Å². The van der Waals surface area contributed by atoms with Crippen molar-refractivity contribution in [3.63, 3.8) is 0 Å². The molecule has 34 nitrogen and oxygen atoms in total. The number of carbonyl (C=O) groups is 11. The lowest BCUT2D eigenvalue weighted by atomic mass is 10.2. The smallest absolute Gasteiger partial charge is 0.417 e. The fourth-order valence-corrected chi connectivity index (χ4v) is 7.38. The second-order valence-corrected chi connectivity index (χ2v) is 20.0. The number of alkyl carbamates (subject to hydrolysis) is 1. The summed E-state index contributed by atoms with van der Waals surface area (Å²) in [5, 5.41) is 39.0. The molecule has 0 bridgehead atoms. The number of aromatic nitrogens is 10. The van der Waals surface area contributed by atoms with E-state index < -0.39 is 65.1 Å². The Bertz CT molecular complexity index is 3250. The second kappa shape index (κ2) is 33.0. The molecule has 3 aliphatic heterocycles.